The average Bonchev–Trinajstić information content (AvgIpc) is 3.01. The first-order valence-corrected chi connectivity index (χ1v) is 7.52. The van der Waals surface area contributed by atoms with Crippen LogP contribution in [-0.2, 0) is 17.6 Å². The van der Waals surface area contributed by atoms with Crippen LogP contribution in [-0.4, -0.2) is 27.8 Å². The number of aromatic nitrogens is 3. The molecule has 7 heteroatoms. The van der Waals surface area contributed by atoms with Crippen molar-refractivity contribution in [2.24, 2.45) is 0 Å². The van der Waals surface area contributed by atoms with Crippen molar-refractivity contribution in [1.29, 1.82) is 0 Å². The molecule has 0 spiro atoms. The SMILES string of the molecule is CCOC(=O)c1nc(-c2c(N)sc3c2CCCC3)n[nH]1. The number of ether oxygens (including phenoxy) is 1. The summed E-state index contributed by atoms with van der Waals surface area (Å²) >= 11 is 1.61. The van der Waals surface area contributed by atoms with Gasteiger partial charge >= 0.3 is 5.97 Å². The minimum atomic E-state index is -0.492. The van der Waals surface area contributed by atoms with Crippen molar-refractivity contribution in [3.63, 3.8) is 0 Å². The zero-order valence-corrected chi connectivity index (χ0v) is 12.0. The first kappa shape index (κ1) is 13.1. The third-order valence-corrected chi connectivity index (χ3v) is 4.50. The van der Waals surface area contributed by atoms with Gasteiger partial charge < -0.3 is 10.5 Å². The van der Waals surface area contributed by atoms with Crippen LogP contribution in [0, 0.1) is 0 Å². The van der Waals surface area contributed by atoms with Crippen molar-refractivity contribution in [3.8, 4) is 11.4 Å². The number of hydrogen-bond acceptors (Lipinski definition) is 6. The molecule has 0 saturated heterocycles. The van der Waals surface area contributed by atoms with Gasteiger partial charge in [0.2, 0.25) is 5.82 Å². The fourth-order valence-electron chi connectivity index (χ4n) is 2.50. The number of fused-ring (bicyclic) bond motifs is 1. The highest BCUT2D eigenvalue weighted by Gasteiger charge is 2.24. The second-order valence-electron chi connectivity index (χ2n) is 4.68. The zero-order valence-electron chi connectivity index (χ0n) is 11.2. The number of hydrogen-bond donors (Lipinski definition) is 2. The van der Waals surface area contributed by atoms with Crippen molar-refractivity contribution >= 4 is 22.3 Å². The molecular weight excluding hydrogens is 276 g/mol. The maximum absolute atomic E-state index is 11.6. The number of carbonyl (C=O) groups is 1. The highest BCUT2D eigenvalue weighted by molar-refractivity contribution is 7.16. The van der Waals surface area contributed by atoms with Gasteiger partial charge in [-0.05, 0) is 38.2 Å². The molecule has 0 unspecified atom stereocenters. The minimum Gasteiger partial charge on any atom is -0.460 e. The van der Waals surface area contributed by atoms with Gasteiger partial charge in [0.05, 0.1) is 17.2 Å². The number of carbonyl (C=O) groups excluding carboxylic acids is 1. The lowest BCUT2D eigenvalue weighted by Crippen LogP contribution is -2.06. The molecule has 1 aliphatic carbocycles. The summed E-state index contributed by atoms with van der Waals surface area (Å²) in [5.41, 5.74) is 8.23. The van der Waals surface area contributed by atoms with Gasteiger partial charge in [-0.25, -0.2) is 9.78 Å². The van der Waals surface area contributed by atoms with Crippen molar-refractivity contribution in [2.45, 2.75) is 32.6 Å². The molecule has 0 aromatic carbocycles. The predicted molar refractivity (Wildman–Crippen MR) is 76.7 cm³/mol. The quantitative estimate of drug-likeness (QED) is 0.845. The average molecular weight is 292 g/mol. The van der Waals surface area contributed by atoms with Gasteiger partial charge in [0.1, 0.15) is 0 Å². The van der Waals surface area contributed by atoms with E-state index in [9.17, 15) is 4.79 Å². The molecule has 20 heavy (non-hydrogen) atoms. The van der Waals surface area contributed by atoms with E-state index in [0.717, 1.165) is 29.8 Å². The fourth-order valence-corrected chi connectivity index (χ4v) is 3.65. The van der Waals surface area contributed by atoms with Crippen molar-refractivity contribution < 1.29 is 9.53 Å². The molecule has 0 bridgehead atoms. The molecule has 0 atom stereocenters. The lowest BCUT2D eigenvalue weighted by Gasteiger charge is -2.11. The monoisotopic (exact) mass is 292 g/mol. The van der Waals surface area contributed by atoms with Crippen LogP contribution >= 0.6 is 11.3 Å². The number of esters is 1. The molecule has 0 saturated carbocycles. The highest BCUT2D eigenvalue weighted by Crippen LogP contribution is 2.41. The first-order valence-electron chi connectivity index (χ1n) is 6.70. The van der Waals surface area contributed by atoms with Crippen LogP contribution in [0.25, 0.3) is 11.4 Å². The molecule has 0 aliphatic heterocycles. The summed E-state index contributed by atoms with van der Waals surface area (Å²) in [5.74, 6) is 0.121. The number of nitrogens with zero attached hydrogens (tertiary/aromatic N) is 2. The molecule has 2 aromatic rings. The summed E-state index contributed by atoms with van der Waals surface area (Å²) in [6.07, 6.45) is 4.43. The standard InChI is InChI=1S/C13H16N4O2S/c1-2-19-13(18)12-15-11(16-17-12)9-7-5-3-4-6-8(7)20-10(9)14/h2-6,14H2,1H3,(H,15,16,17). The molecule has 0 amide bonds. The number of aryl methyl sites for hydroxylation is 1. The number of aromatic amines is 1. The summed E-state index contributed by atoms with van der Waals surface area (Å²) in [6.45, 7) is 2.06. The Morgan fingerprint density at radius 2 is 2.25 bits per heavy atom. The Morgan fingerprint density at radius 3 is 3.05 bits per heavy atom. The molecule has 2 aromatic heterocycles. The lowest BCUT2D eigenvalue weighted by atomic mass is 9.95. The van der Waals surface area contributed by atoms with Gasteiger partial charge in [-0.3, -0.25) is 5.10 Å². The predicted octanol–water partition coefficient (Wildman–Crippen LogP) is 2.17. The van der Waals surface area contributed by atoms with Crippen molar-refractivity contribution in [3.05, 3.63) is 16.3 Å². The first-order chi connectivity index (χ1) is 9.70. The lowest BCUT2D eigenvalue weighted by molar-refractivity contribution is 0.0512. The maximum atomic E-state index is 11.6. The third kappa shape index (κ3) is 2.18. The van der Waals surface area contributed by atoms with E-state index in [1.807, 2.05) is 0 Å². The van der Waals surface area contributed by atoms with E-state index in [-0.39, 0.29) is 5.82 Å². The van der Waals surface area contributed by atoms with Gasteiger partial charge in [-0.2, -0.15) is 5.10 Å². The third-order valence-electron chi connectivity index (χ3n) is 3.38. The highest BCUT2D eigenvalue weighted by atomic mass is 32.1. The van der Waals surface area contributed by atoms with Crippen LogP contribution in [0.3, 0.4) is 0 Å². The maximum Gasteiger partial charge on any atom is 0.375 e. The molecule has 6 nitrogen and oxygen atoms in total. The molecule has 0 fully saturated rings. The minimum absolute atomic E-state index is 0.122. The van der Waals surface area contributed by atoms with Gasteiger partial charge in [-0.1, -0.05) is 0 Å². The fraction of sp³-hybridized carbons (Fsp3) is 0.462. The normalized spacial score (nSPS) is 14.1. The Morgan fingerprint density at radius 1 is 1.45 bits per heavy atom. The number of thiophene rings is 1. The largest absolute Gasteiger partial charge is 0.460 e. The Hall–Kier alpha value is -1.89. The summed E-state index contributed by atoms with van der Waals surface area (Å²) < 4.78 is 4.90. The Labute approximate surface area is 120 Å². The Bertz CT molecular complexity index is 647. The smallest absolute Gasteiger partial charge is 0.375 e. The number of anilines is 1. The number of H-pyrrole nitrogens is 1. The second-order valence-corrected chi connectivity index (χ2v) is 5.81. The number of rotatable bonds is 3. The number of nitrogens with one attached hydrogen (secondary N) is 1. The van der Waals surface area contributed by atoms with Crippen LogP contribution in [0.1, 0.15) is 40.8 Å². The van der Waals surface area contributed by atoms with Crippen LogP contribution < -0.4 is 5.73 Å². The number of nitrogen functional groups attached to an aromatic ring is 1. The number of nitrogens with two attached hydrogens (primary N) is 1. The van der Waals surface area contributed by atoms with E-state index in [4.69, 9.17) is 10.5 Å². The van der Waals surface area contributed by atoms with E-state index >= 15 is 0 Å². The molecule has 3 rings (SSSR count). The Kier molecular flexibility index (Phi) is 3.43. The van der Waals surface area contributed by atoms with Crippen LogP contribution in [0.5, 0.6) is 0 Å². The molecule has 106 valence electrons. The van der Waals surface area contributed by atoms with Gasteiger partial charge in [0.25, 0.3) is 0 Å². The summed E-state index contributed by atoms with van der Waals surface area (Å²) in [4.78, 5) is 17.2. The molecule has 1 aliphatic rings. The molecule has 0 radical (unpaired) electrons. The zero-order chi connectivity index (χ0) is 14.1. The van der Waals surface area contributed by atoms with E-state index < -0.39 is 5.97 Å². The molecule has 2 heterocycles. The van der Waals surface area contributed by atoms with Gasteiger partial charge in [0.15, 0.2) is 5.82 Å². The van der Waals surface area contributed by atoms with Crippen LogP contribution in [0.15, 0.2) is 0 Å². The Balaban J connectivity index is 1.97. The van der Waals surface area contributed by atoms with E-state index in [1.54, 1.807) is 18.3 Å². The summed E-state index contributed by atoms with van der Waals surface area (Å²) in [5, 5.41) is 7.47. The van der Waals surface area contributed by atoms with E-state index in [0.29, 0.717) is 12.4 Å². The molecule has 3 N–H and O–H groups in total. The summed E-state index contributed by atoms with van der Waals surface area (Å²) in [6, 6.07) is 0. The van der Waals surface area contributed by atoms with Crippen molar-refractivity contribution in [2.75, 3.05) is 12.3 Å². The topological polar surface area (TPSA) is 93.9 Å². The van der Waals surface area contributed by atoms with Crippen molar-refractivity contribution in [1.82, 2.24) is 15.2 Å². The van der Waals surface area contributed by atoms with Gasteiger partial charge in [0, 0.05) is 4.88 Å². The van der Waals surface area contributed by atoms with E-state index in [1.165, 1.54) is 16.9 Å². The second kappa shape index (κ2) is 5.24. The molecular formula is C13H16N4O2S. The van der Waals surface area contributed by atoms with Gasteiger partial charge in [-0.15, -0.1) is 11.3 Å². The van der Waals surface area contributed by atoms with Crippen LogP contribution in [0.4, 0.5) is 5.00 Å². The summed E-state index contributed by atoms with van der Waals surface area (Å²) in [7, 11) is 0. The van der Waals surface area contributed by atoms with E-state index in [2.05, 4.69) is 15.2 Å². The van der Waals surface area contributed by atoms with Crippen LogP contribution in [0.2, 0.25) is 0 Å².